The molecule has 0 aliphatic carbocycles. The Labute approximate surface area is 166 Å². The Hall–Kier alpha value is -0.970. The molecule has 0 radical (unpaired) electrons. The summed E-state index contributed by atoms with van der Waals surface area (Å²) in [6, 6.07) is 0.926. The Morgan fingerprint density at radius 3 is 2.40 bits per heavy atom. The molecule has 9 heteroatoms. The molecule has 0 atom stereocenters. The second-order valence-electron chi connectivity index (χ2n) is 6.08. The van der Waals surface area contributed by atoms with Gasteiger partial charge in [-0.2, -0.15) is 8.78 Å². The zero-order valence-corrected chi connectivity index (χ0v) is 18.0. The third-order valence-electron chi connectivity index (χ3n) is 3.67. The number of aromatic nitrogens is 2. The van der Waals surface area contributed by atoms with Crippen molar-refractivity contribution in [2.75, 3.05) is 19.6 Å². The molecule has 0 saturated carbocycles. The molecule has 1 aromatic heterocycles. The quantitative estimate of drug-likeness (QED) is 0.330. The highest BCUT2D eigenvalue weighted by atomic mass is 127. The molecule has 1 rings (SSSR count). The molecule has 0 aliphatic rings. The van der Waals surface area contributed by atoms with Crippen molar-refractivity contribution >= 4 is 29.9 Å². The van der Waals surface area contributed by atoms with Gasteiger partial charge in [0.15, 0.2) is 5.96 Å². The van der Waals surface area contributed by atoms with E-state index in [4.69, 9.17) is 0 Å². The monoisotopic (exact) mass is 472 g/mol. The smallest absolute Gasteiger partial charge is 0.319 e. The van der Waals surface area contributed by atoms with Crippen LogP contribution in [0, 0.1) is 0 Å². The minimum absolute atomic E-state index is 0. The normalized spacial score (nSPS) is 12.2. The van der Waals surface area contributed by atoms with Crippen molar-refractivity contribution in [2.24, 2.45) is 4.99 Å². The van der Waals surface area contributed by atoms with Gasteiger partial charge in [-0.15, -0.1) is 24.0 Å². The maximum Gasteiger partial charge on any atom is 0.319 e. The summed E-state index contributed by atoms with van der Waals surface area (Å²) in [7, 11) is 0. The third kappa shape index (κ3) is 8.30. The van der Waals surface area contributed by atoms with Crippen LogP contribution in [0.25, 0.3) is 0 Å². The van der Waals surface area contributed by atoms with E-state index in [1.165, 1.54) is 12.4 Å². The van der Waals surface area contributed by atoms with Crippen LogP contribution in [-0.4, -0.2) is 52.1 Å². The lowest BCUT2D eigenvalue weighted by Gasteiger charge is -2.30. The Bertz CT molecular complexity index is 497. The van der Waals surface area contributed by atoms with Gasteiger partial charge in [-0.25, -0.2) is 9.98 Å². The van der Waals surface area contributed by atoms with Gasteiger partial charge in [0.2, 0.25) is 0 Å². The van der Waals surface area contributed by atoms with Crippen LogP contribution in [0.4, 0.5) is 8.78 Å². The number of rotatable bonds is 9. The van der Waals surface area contributed by atoms with Gasteiger partial charge in [-0.3, -0.25) is 9.47 Å². The van der Waals surface area contributed by atoms with Gasteiger partial charge >= 0.3 is 6.55 Å². The van der Waals surface area contributed by atoms with E-state index in [9.17, 15) is 8.78 Å². The fourth-order valence-electron chi connectivity index (χ4n) is 2.55. The van der Waals surface area contributed by atoms with Gasteiger partial charge in [0.25, 0.3) is 0 Å². The summed E-state index contributed by atoms with van der Waals surface area (Å²) in [6.45, 7) is 10.5. The molecule has 1 heterocycles. The molecular weight excluding hydrogens is 441 g/mol. The van der Waals surface area contributed by atoms with Gasteiger partial charge in [-0.05, 0) is 34.6 Å². The van der Waals surface area contributed by atoms with Gasteiger partial charge in [0.05, 0.1) is 0 Å². The molecule has 0 amide bonds. The standard InChI is InChI=1S/C16H30F2N6.HI/c1-6-19-16(21-8-9-23(12(2)3)13(4)5)22-11-14-20-7-10-24(14)15(17)18;/h7,10,12-13,15H,6,8-9,11H2,1-5H3,(H2,19,21,22);1H. The van der Waals surface area contributed by atoms with Crippen LogP contribution in [0.2, 0.25) is 0 Å². The number of hydrogen-bond acceptors (Lipinski definition) is 3. The minimum Gasteiger partial charge on any atom is -0.357 e. The maximum absolute atomic E-state index is 12.8. The first-order valence-electron chi connectivity index (χ1n) is 8.44. The van der Waals surface area contributed by atoms with E-state index in [0.717, 1.165) is 17.7 Å². The third-order valence-corrected chi connectivity index (χ3v) is 3.67. The molecule has 0 unspecified atom stereocenters. The van der Waals surface area contributed by atoms with Crippen molar-refractivity contribution in [1.29, 1.82) is 0 Å². The number of nitrogens with zero attached hydrogens (tertiary/aromatic N) is 4. The molecule has 2 N–H and O–H groups in total. The first-order valence-corrected chi connectivity index (χ1v) is 8.44. The summed E-state index contributed by atoms with van der Waals surface area (Å²) in [4.78, 5) is 10.7. The lowest BCUT2D eigenvalue weighted by atomic mass is 10.2. The van der Waals surface area contributed by atoms with E-state index in [2.05, 4.69) is 53.2 Å². The van der Waals surface area contributed by atoms with Crippen molar-refractivity contribution in [3.8, 4) is 0 Å². The summed E-state index contributed by atoms with van der Waals surface area (Å²) in [5.41, 5.74) is 0. The average molecular weight is 472 g/mol. The summed E-state index contributed by atoms with van der Waals surface area (Å²) in [6.07, 6.45) is 2.62. The van der Waals surface area contributed by atoms with Gasteiger partial charge < -0.3 is 10.6 Å². The highest BCUT2D eigenvalue weighted by Crippen LogP contribution is 2.12. The van der Waals surface area contributed by atoms with Gasteiger partial charge in [0.1, 0.15) is 12.4 Å². The molecule has 0 aliphatic heterocycles. The summed E-state index contributed by atoms with van der Waals surface area (Å²) in [5.74, 6) is 0.849. The van der Waals surface area contributed by atoms with Crippen LogP contribution in [-0.2, 0) is 6.54 Å². The summed E-state index contributed by atoms with van der Waals surface area (Å²) in [5, 5.41) is 6.37. The molecule has 0 aromatic carbocycles. The zero-order chi connectivity index (χ0) is 18.1. The largest absolute Gasteiger partial charge is 0.357 e. The molecule has 25 heavy (non-hydrogen) atoms. The second-order valence-corrected chi connectivity index (χ2v) is 6.08. The van der Waals surface area contributed by atoms with Gasteiger partial charge in [-0.1, -0.05) is 0 Å². The SMILES string of the molecule is CCNC(=NCc1nccn1C(F)F)NCCN(C(C)C)C(C)C.I. The Morgan fingerprint density at radius 2 is 1.88 bits per heavy atom. The highest BCUT2D eigenvalue weighted by molar-refractivity contribution is 14.0. The van der Waals surface area contributed by atoms with Crippen molar-refractivity contribution < 1.29 is 8.78 Å². The number of alkyl halides is 2. The number of guanidine groups is 1. The van der Waals surface area contributed by atoms with Crippen LogP contribution >= 0.6 is 24.0 Å². The molecule has 1 aromatic rings. The Morgan fingerprint density at radius 1 is 1.24 bits per heavy atom. The molecule has 6 nitrogen and oxygen atoms in total. The molecule has 0 fully saturated rings. The number of nitrogens with one attached hydrogen (secondary N) is 2. The second kappa shape index (κ2) is 12.4. The van der Waals surface area contributed by atoms with Crippen molar-refractivity contribution in [3.05, 3.63) is 18.2 Å². The minimum atomic E-state index is -2.60. The van der Waals surface area contributed by atoms with Gasteiger partial charge in [0, 0.05) is 44.1 Å². The fourth-order valence-corrected chi connectivity index (χ4v) is 2.55. The molecule has 146 valence electrons. The van der Waals surface area contributed by atoms with Crippen molar-refractivity contribution in [1.82, 2.24) is 25.1 Å². The lowest BCUT2D eigenvalue weighted by Crippen LogP contribution is -2.45. The Kier molecular flexibility index (Phi) is 11.9. The van der Waals surface area contributed by atoms with Crippen LogP contribution < -0.4 is 10.6 Å². The first-order chi connectivity index (χ1) is 11.4. The van der Waals surface area contributed by atoms with Crippen LogP contribution in [0.1, 0.15) is 47.0 Å². The van der Waals surface area contributed by atoms with E-state index >= 15 is 0 Å². The average Bonchev–Trinajstić information content (AvgIpc) is 2.96. The number of aliphatic imine (C=N–C) groups is 1. The van der Waals surface area contributed by atoms with Crippen molar-refractivity contribution in [3.63, 3.8) is 0 Å². The predicted octanol–water partition coefficient (Wildman–Crippen LogP) is 3.07. The molecule has 0 spiro atoms. The maximum atomic E-state index is 12.8. The summed E-state index contributed by atoms with van der Waals surface area (Å²) >= 11 is 0. The van der Waals surface area contributed by atoms with E-state index in [0.29, 0.717) is 24.6 Å². The van der Waals surface area contributed by atoms with E-state index in [1.54, 1.807) is 0 Å². The summed E-state index contributed by atoms with van der Waals surface area (Å²) < 4.78 is 26.5. The number of hydrogen-bond donors (Lipinski definition) is 2. The van der Waals surface area contributed by atoms with Crippen LogP contribution in [0.15, 0.2) is 17.4 Å². The van der Waals surface area contributed by atoms with E-state index < -0.39 is 6.55 Å². The number of imidazole rings is 1. The van der Waals surface area contributed by atoms with Crippen LogP contribution in [0.5, 0.6) is 0 Å². The lowest BCUT2D eigenvalue weighted by molar-refractivity contribution is 0.0671. The highest BCUT2D eigenvalue weighted by Gasteiger charge is 2.13. The van der Waals surface area contributed by atoms with Crippen molar-refractivity contribution in [2.45, 2.75) is 59.8 Å². The van der Waals surface area contributed by atoms with E-state index in [-0.39, 0.29) is 36.3 Å². The Balaban J connectivity index is 0.00000576. The fraction of sp³-hybridized carbons (Fsp3) is 0.750. The number of halogens is 3. The molecule has 0 bridgehead atoms. The van der Waals surface area contributed by atoms with E-state index in [1.807, 2.05) is 6.92 Å². The first kappa shape index (κ1) is 24.0. The zero-order valence-electron chi connectivity index (χ0n) is 15.7. The van der Waals surface area contributed by atoms with Crippen LogP contribution in [0.3, 0.4) is 0 Å². The molecule has 0 saturated heterocycles. The topological polar surface area (TPSA) is 57.5 Å². The molecular formula is C16H31F2IN6. The predicted molar refractivity (Wildman–Crippen MR) is 109 cm³/mol.